The van der Waals surface area contributed by atoms with Gasteiger partial charge in [-0.3, -0.25) is 9.80 Å². The Morgan fingerprint density at radius 3 is 1.27 bits per heavy atom. The van der Waals surface area contributed by atoms with Crippen molar-refractivity contribution in [2.45, 2.75) is 13.1 Å². The van der Waals surface area contributed by atoms with Crippen molar-refractivity contribution in [3.05, 3.63) is 108 Å². The Bertz CT molecular complexity index is 2730. The van der Waals surface area contributed by atoms with Crippen LogP contribution in [0.1, 0.15) is 11.1 Å². The van der Waals surface area contributed by atoms with Crippen LogP contribution in [-0.4, -0.2) is 90.0 Å². The Hall–Kier alpha value is -8.56. The molecular formula is C40H38F2N16O4. The van der Waals surface area contributed by atoms with Crippen molar-refractivity contribution in [2.24, 2.45) is 0 Å². The van der Waals surface area contributed by atoms with Crippen molar-refractivity contribution in [1.82, 2.24) is 49.5 Å². The molecule has 0 radical (unpaired) electrons. The highest BCUT2D eigenvalue weighted by atomic mass is 19.1. The van der Waals surface area contributed by atoms with E-state index in [0.29, 0.717) is 44.6 Å². The largest absolute Gasteiger partial charge is 0.452 e. The Kier molecular flexibility index (Phi) is 11.6. The van der Waals surface area contributed by atoms with E-state index in [1.165, 1.54) is 40.4 Å². The van der Waals surface area contributed by atoms with Gasteiger partial charge in [-0.05, 0) is 36.4 Å². The number of nitrogens with two attached hydrogens (primary N) is 4. The number of amides is 2. The number of ether oxygens (including phenoxy) is 2. The van der Waals surface area contributed by atoms with Crippen LogP contribution >= 0.6 is 0 Å². The SMILES string of the molecule is COC(=O)N(C)c1c(N)nc(-c2nn(Cc3ccccc3F)c3ncccc23)nc1N.COC(=O)N(C)c1c(N)nc(-c2nn(Cc3ccccc3F)c3ncccc23)nc1N. The molecule has 316 valence electrons. The third-order valence-corrected chi connectivity index (χ3v) is 9.44. The molecule has 62 heavy (non-hydrogen) atoms. The van der Waals surface area contributed by atoms with Crippen molar-refractivity contribution in [2.75, 3.05) is 61.0 Å². The number of pyridine rings is 2. The highest BCUT2D eigenvalue weighted by molar-refractivity contribution is 5.97. The lowest BCUT2D eigenvalue weighted by Crippen LogP contribution is -2.28. The Morgan fingerprint density at radius 1 is 0.581 bits per heavy atom. The third-order valence-electron chi connectivity index (χ3n) is 9.44. The van der Waals surface area contributed by atoms with Crippen LogP contribution in [0, 0.1) is 11.6 Å². The molecule has 0 atom stereocenters. The van der Waals surface area contributed by atoms with Crippen LogP contribution in [0.4, 0.5) is 53.0 Å². The molecule has 2 aromatic carbocycles. The summed E-state index contributed by atoms with van der Waals surface area (Å²) >= 11 is 0. The van der Waals surface area contributed by atoms with Gasteiger partial charge in [-0.1, -0.05) is 36.4 Å². The molecule has 0 aliphatic carbocycles. The molecule has 0 aliphatic rings. The zero-order valence-electron chi connectivity index (χ0n) is 33.6. The van der Waals surface area contributed by atoms with Crippen molar-refractivity contribution in [3.8, 4) is 23.0 Å². The summed E-state index contributed by atoms with van der Waals surface area (Å²) in [4.78, 5) is 51.8. The van der Waals surface area contributed by atoms with Gasteiger partial charge in [0, 0.05) is 37.6 Å². The normalized spacial score (nSPS) is 10.9. The van der Waals surface area contributed by atoms with Crippen molar-refractivity contribution in [3.63, 3.8) is 0 Å². The number of benzene rings is 2. The molecule has 8 aromatic rings. The lowest BCUT2D eigenvalue weighted by atomic mass is 10.2. The molecule has 6 aromatic heterocycles. The van der Waals surface area contributed by atoms with Gasteiger partial charge in [0.05, 0.1) is 38.1 Å². The predicted molar refractivity (Wildman–Crippen MR) is 227 cm³/mol. The van der Waals surface area contributed by atoms with Gasteiger partial charge in [-0.2, -0.15) is 10.2 Å². The molecule has 8 rings (SSSR count). The number of carbonyl (C=O) groups is 2. The Morgan fingerprint density at radius 2 is 0.935 bits per heavy atom. The summed E-state index contributed by atoms with van der Waals surface area (Å²) in [5, 5.41) is 10.4. The first-order valence-electron chi connectivity index (χ1n) is 18.4. The number of fused-ring (bicyclic) bond motifs is 2. The second-order valence-corrected chi connectivity index (χ2v) is 13.3. The molecule has 2 amide bonds. The fourth-order valence-electron chi connectivity index (χ4n) is 6.48. The van der Waals surface area contributed by atoms with Crippen LogP contribution in [0.15, 0.2) is 85.2 Å². The number of hydrogen-bond acceptors (Lipinski definition) is 16. The first-order chi connectivity index (χ1) is 29.8. The zero-order chi connectivity index (χ0) is 44.2. The summed E-state index contributed by atoms with van der Waals surface area (Å²) in [6.45, 7) is 0.322. The van der Waals surface area contributed by atoms with E-state index in [9.17, 15) is 18.4 Å². The van der Waals surface area contributed by atoms with Crippen LogP contribution in [0.2, 0.25) is 0 Å². The molecule has 0 bridgehead atoms. The minimum Gasteiger partial charge on any atom is -0.452 e. The number of aromatic nitrogens is 10. The second-order valence-electron chi connectivity index (χ2n) is 13.3. The van der Waals surface area contributed by atoms with E-state index < -0.39 is 12.2 Å². The molecule has 0 unspecified atom stereocenters. The number of anilines is 6. The van der Waals surface area contributed by atoms with Crippen LogP contribution in [-0.2, 0) is 22.6 Å². The van der Waals surface area contributed by atoms with Gasteiger partial charge in [-0.15, -0.1) is 0 Å². The fraction of sp³-hybridized carbons (Fsp3) is 0.150. The molecule has 0 saturated heterocycles. The maximum atomic E-state index is 14.2. The standard InChI is InChI=1S/2C20H19FN8O2/c2*1-28(20(30)31-2)15-16(22)25-18(26-17(15)23)14-12-7-5-9-24-19(12)29(27-14)10-11-6-3-4-8-13(11)21/h2*3-9H,10H2,1-2H3,(H4,22,23,25,26). The molecule has 0 aliphatic heterocycles. The third kappa shape index (κ3) is 8.06. The van der Waals surface area contributed by atoms with Crippen LogP contribution < -0.4 is 32.7 Å². The molecule has 6 heterocycles. The van der Waals surface area contributed by atoms with Gasteiger partial charge in [0.15, 0.2) is 46.2 Å². The minimum absolute atomic E-state index is 0.0175. The number of carbonyl (C=O) groups excluding carboxylic acids is 2. The monoisotopic (exact) mass is 844 g/mol. The molecule has 20 nitrogen and oxygen atoms in total. The number of methoxy groups -OCH3 is 2. The number of hydrogen-bond donors (Lipinski definition) is 4. The average Bonchev–Trinajstić information content (AvgIpc) is 3.82. The summed E-state index contributed by atoms with van der Waals surface area (Å²) < 4.78 is 40.8. The number of rotatable bonds is 8. The first kappa shape index (κ1) is 41.6. The fourth-order valence-corrected chi connectivity index (χ4v) is 6.48. The summed E-state index contributed by atoms with van der Waals surface area (Å²) in [6.07, 6.45) is 1.89. The highest BCUT2D eigenvalue weighted by Crippen LogP contribution is 2.34. The zero-order valence-corrected chi connectivity index (χ0v) is 33.6. The average molecular weight is 845 g/mol. The number of halogens is 2. The van der Waals surface area contributed by atoms with E-state index in [1.54, 1.807) is 82.4 Å². The lowest BCUT2D eigenvalue weighted by molar-refractivity contribution is 0.179. The van der Waals surface area contributed by atoms with Gasteiger partial charge in [0.25, 0.3) is 0 Å². The van der Waals surface area contributed by atoms with E-state index in [-0.39, 0.29) is 71.0 Å². The van der Waals surface area contributed by atoms with Crippen LogP contribution in [0.3, 0.4) is 0 Å². The number of nitrogen functional groups attached to an aromatic ring is 4. The van der Waals surface area contributed by atoms with Gasteiger partial charge in [0.1, 0.15) is 34.4 Å². The molecule has 0 spiro atoms. The quantitative estimate of drug-likeness (QED) is 0.159. The van der Waals surface area contributed by atoms with Crippen molar-refractivity contribution in [1.29, 1.82) is 0 Å². The molecule has 22 heteroatoms. The van der Waals surface area contributed by atoms with Gasteiger partial charge in [-0.25, -0.2) is 57.6 Å². The van der Waals surface area contributed by atoms with Gasteiger partial charge in [0.2, 0.25) is 0 Å². The lowest BCUT2D eigenvalue weighted by Gasteiger charge is -2.18. The Balaban J connectivity index is 0.000000186. The topological polar surface area (TPSA) is 276 Å². The van der Waals surface area contributed by atoms with E-state index >= 15 is 0 Å². The smallest absolute Gasteiger partial charge is 0.413 e. The van der Waals surface area contributed by atoms with Crippen molar-refractivity contribution < 1.29 is 27.8 Å². The van der Waals surface area contributed by atoms with Crippen LogP contribution in [0.25, 0.3) is 45.1 Å². The van der Waals surface area contributed by atoms with Gasteiger partial charge < -0.3 is 32.4 Å². The molecule has 0 saturated carbocycles. The van der Waals surface area contributed by atoms with E-state index in [4.69, 9.17) is 22.9 Å². The van der Waals surface area contributed by atoms with E-state index in [2.05, 4.69) is 49.6 Å². The summed E-state index contributed by atoms with van der Waals surface area (Å²) in [5.41, 5.74) is 27.2. The summed E-state index contributed by atoms with van der Waals surface area (Å²) in [6, 6.07) is 19.9. The van der Waals surface area contributed by atoms with E-state index in [0.717, 1.165) is 9.80 Å². The maximum absolute atomic E-state index is 14.2. The minimum atomic E-state index is -0.668. The summed E-state index contributed by atoms with van der Waals surface area (Å²) in [7, 11) is 5.36. The first-order valence-corrected chi connectivity index (χ1v) is 18.4. The molecule has 8 N–H and O–H groups in total. The molecule has 0 fully saturated rings. The van der Waals surface area contributed by atoms with Gasteiger partial charge >= 0.3 is 12.2 Å². The predicted octanol–water partition coefficient (Wildman–Crippen LogP) is 4.89. The van der Waals surface area contributed by atoms with Crippen LogP contribution in [0.5, 0.6) is 0 Å². The highest BCUT2D eigenvalue weighted by Gasteiger charge is 2.25. The molecular weight excluding hydrogens is 807 g/mol. The second kappa shape index (κ2) is 17.3. The van der Waals surface area contributed by atoms with Crippen molar-refractivity contribution >= 4 is 68.9 Å². The number of nitrogens with zero attached hydrogens (tertiary/aromatic N) is 12. The summed E-state index contributed by atoms with van der Waals surface area (Å²) in [5.74, 6) is -0.448. The van der Waals surface area contributed by atoms with E-state index in [1.807, 2.05) is 0 Å². The Labute approximate surface area is 350 Å². The maximum Gasteiger partial charge on any atom is 0.413 e.